The quantitative estimate of drug-likeness (QED) is 0.282. The van der Waals surface area contributed by atoms with Crippen molar-refractivity contribution in [1.82, 2.24) is 10.2 Å². The van der Waals surface area contributed by atoms with Crippen molar-refractivity contribution in [3.05, 3.63) is 40.7 Å². The Balaban J connectivity index is 5.08. The van der Waals surface area contributed by atoms with Crippen LogP contribution in [0, 0.1) is 10.8 Å². The third-order valence-corrected chi connectivity index (χ3v) is 3.46. The largest absolute Gasteiger partial charge is 0.397 e. The molecule has 0 heterocycles. The Morgan fingerprint density at radius 2 is 2.22 bits per heavy atom. The number of nitrogens with one attached hydrogen (secondary N) is 1. The second kappa shape index (κ2) is 11.8. The Hall–Kier alpha value is -1.67. The molecule has 0 rings (SSSR count). The van der Waals surface area contributed by atoms with Crippen molar-refractivity contribution in [2.24, 2.45) is 16.8 Å². The number of aliphatic hydroxyl groups excluding tert-OH is 1. The molecule has 23 heavy (non-hydrogen) atoms. The van der Waals surface area contributed by atoms with Gasteiger partial charge in [0.15, 0.2) is 0 Å². The number of hydrogen-bond acceptors (Lipinski definition) is 6. The van der Waals surface area contributed by atoms with Crippen molar-refractivity contribution in [2.75, 3.05) is 31.6 Å². The topological polar surface area (TPSA) is 108 Å². The van der Waals surface area contributed by atoms with Gasteiger partial charge in [0.05, 0.1) is 23.9 Å². The molecule has 0 fully saturated rings. The number of alkyl halides is 1. The lowest BCUT2D eigenvalue weighted by molar-refractivity contribution is -0.123. The minimum atomic E-state index is -0.573. The number of nitrogens with two attached hydrogens (primary N) is 1. The molecule has 1 amide bonds. The first-order chi connectivity index (χ1) is 10.9. The van der Waals surface area contributed by atoms with Gasteiger partial charge in [-0.05, 0) is 24.3 Å². The van der Waals surface area contributed by atoms with Crippen LogP contribution < -0.4 is 11.1 Å². The van der Waals surface area contributed by atoms with Gasteiger partial charge in [-0.3, -0.25) is 4.79 Å². The Labute approximate surface area is 145 Å². The lowest BCUT2D eigenvalue weighted by Gasteiger charge is -2.24. The van der Waals surface area contributed by atoms with Gasteiger partial charge in [0, 0.05) is 25.0 Å². The van der Waals surface area contributed by atoms with E-state index in [2.05, 4.69) is 33.0 Å². The van der Waals surface area contributed by atoms with Crippen molar-refractivity contribution in [3.8, 4) is 0 Å². The summed E-state index contributed by atoms with van der Waals surface area (Å²) in [4.78, 5) is 24.6. The number of aliphatic hydroxyl groups is 1. The summed E-state index contributed by atoms with van der Waals surface area (Å²) in [5, 5.41) is 14.9. The number of carbonyl (C=O) groups excluding carboxylic acids is 1. The van der Waals surface area contributed by atoms with E-state index < -0.39 is 5.92 Å². The standard InChI is InChI=1S/C15H25BrN4O3/c1-4-20(7-5-16)12(3)14(17)10-13(19-23)9-11(2)15(22)18-6-8-21/h9-11,21H,3-8,17H2,1-2H3,(H,18,22)/b13-9+,14-10+. The molecule has 0 bridgehead atoms. The van der Waals surface area contributed by atoms with Gasteiger partial charge in [0.25, 0.3) is 0 Å². The molecule has 0 aromatic carbocycles. The molecule has 0 radical (unpaired) electrons. The average Bonchev–Trinajstić information content (AvgIpc) is 2.55. The molecule has 0 aliphatic rings. The predicted molar refractivity (Wildman–Crippen MR) is 95.6 cm³/mol. The van der Waals surface area contributed by atoms with Crippen LogP contribution in [0.2, 0.25) is 0 Å². The van der Waals surface area contributed by atoms with E-state index in [0.29, 0.717) is 11.4 Å². The normalized spacial score (nSPS) is 13.4. The van der Waals surface area contributed by atoms with Crippen LogP contribution in [0.3, 0.4) is 0 Å². The van der Waals surface area contributed by atoms with Crippen LogP contribution in [0.4, 0.5) is 0 Å². The SMILES string of the molecule is C=C(/C(N)=C\C(=C/C(C)C(=O)NCCO)N=O)N(CC)CCBr. The van der Waals surface area contributed by atoms with Crippen molar-refractivity contribution in [1.29, 1.82) is 0 Å². The van der Waals surface area contributed by atoms with E-state index >= 15 is 0 Å². The van der Waals surface area contributed by atoms with Crippen LogP contribution >= 0.6 is 15.9 Å². The molecule has 130 valence electrons. The van der Waals surface area contributed by atoms with Crippen LogP contribution in [0.5, 0.6) is 0 Å². The summed E-state index contributed by atoms with van der Waals surface area (Å²) in [6.45, 7) is 9.00. The van der Waals surface area contributed by atoms with E-state index in [1.54, 1.807) is 6.92 Å². The molecular formula is C15H25BrN4O3. The molecule has 0 saturated heterocycles. The summed E-state index contributed by atoms with van der Waals surface area (Å²) in [5.74, 6) is -0.878. The molecule has 1 unspecified atom stereocenters. The molecule has 0 spiro atoms. The smallest absolute Gasteiger partial charge is 0.226 e. The van der Waals surface area contributed by atoms with E-state index in [1.807, 2.05) is 11.8 Å². The van der Waals surface area contributed by atoms with Crippen LogP contribution in [0.15, 0.2) is 41.0 Å². The zero-order chi connectivity index (χ0) is 17.8. The minimum absolute atomic E-state index is 0.0604. The highest BCUT2D eigenvalue weighted by Crippen LogP contribution is 2.14. The summed E-state index contributed by atoms with van der Waals surface area (Å²) >= 11 is 3.36. The second-order valence-corrected chi connectivity index (χ2v) is 5.59. The highest BCUT2D eigenvalue weighted by molar-refractivity contribution is 9.09. The molecule has 0 aromatic rings. The van der Waals surface area contributed by atoms with Crippen molar-refractivity contribution in [3.63, 3.8) is 0 Å². The Bertz CT molecular complexity index is 477. The molecule has 0 aliphatic carbocycles. The molecule has 1 atom stereocenters. The number of hydrogen-bond donors (Lipinski definition) is 3. The monoisotopic (exact) mass is 388 g/mol. The van der Waals surface area contributed by atoms with Gasteiger partial charge in [-0.1, -0.05) is 29.4 Å². The lowest BCUT2D eigenvalue weighted by Crippen LogP contribution is -2.30. The van der Waals surface area contributed by atoms with E-state index in [0.717, 1.165) is 18.4 Å². The summed E-state index contributed by atoms with van der Waals surface area (Å²) in [6, 6.07) is 0. The van der Waals surface area contributed by atoms with Crippen LogP contribution in [0.25, 0.3) is 0 Å². The maximum Gasteiger partial charge on any atom is 0.226 e. The Morgan fingerprint density at radius 3 is 2.70 bits per heavy atom. The van der Waals surface area contributed by atoms with Crippen LogP contribution in [-0.4, -0.2) is 47.5 Å². The number of likely N-dealkylation sites (N-methyl/N-ethyl adjacent to an activating group) is 1. The first-order valence-electron chi connectivity index (χ1n) is 7.32. The molecule has 7 nitrogen and oxygen atoms in total. The number of nitrogens with zero attached hydrogens (tertiary/aromatic N) is 2. The Kier molecular flexibility index (Phi) is 11.0. The van der Waals surface area contributed by atoms with Gasteiger partial charge >= 0.3 is 0 Å². The van der Waals surface area contributed by atoms with Crippen molar-refractivity contribution < 1.29 is 9.90 Å². The number of carbonyl (C=O) groups is 1. The third-order valence-electron chi connectivity index (χ3n) is 3.11. The van der Waals surface area contributed by atoms with Crippen LogP contribution in [0.1, 0.15) is 13.8 Å². The van der Waals surface area contributed by atoms with Gasteiger partial charge in [-0.2, -0.15) is 0 Å². The van der Waals surface area contributed by atoms with E-state index in [1.165, 1.54) is 12.2 Å². The minimum Gasteiger partial charge on any atom is -0.397 e. The fourth-order valence-electron chi connectivity index (χ4n) is 1.79. The zero-order valence-electron chi connectivity index (χ0n) is 13.6. The number of rotatable bonds is 11. The van der Waals surface area contributed by atoms with E-state index in [-0.39, 0.29) is 24.8 Å². The summed E-state index contributed by atoms with van der Waals surface area (Å²) < 4.78 is 0. The first-order valence-corrected chi connectivity index (χ1v) is 8.44. The summed E-state index contributed by atoms with van der Waals surface area (Å²) in [6.07, 6.45) is 2.82. The summed E-state index contributed by atoms with van der Waals surface area (Å²) in [5.41, 5.74) is 6.94. The second-order valence-electron chi connectivity index (χ2n) is 4.80. The summed E-state index contributed by atoms with van der Waals surface area (Å²) in [7, 11) is 0. The fourth-order valence-corrected chi connectivity index (χ4v) is 2.22. The number of nitroso groups, excluding NO2 is 1. The molecule has 0 aromatic heterocycles. The predicted octanol–water partition coefficient (Wildman–Crippen LogP) is 1.45. The van der Waals surface area contributed by atoms with E-state index in [9.17, 15) is 9.70 Å². The number of halogens is 1. The number of allylic oxidation sites excluding steroid dienone is 1. The first kappa shape index (κ1) is 21.3. The Morgan fingerprint density at radius 1 is 1.57 bits per heavy atom. The number of amides is 1. The highest BCUT2D eigenvalue weighted by Gasteiger charge is 2.12. The van der Waals surface area contributed by atoms with Gasteiger partial charge in [-0.25, -0.2) is 0 Å². The van der Waals surface area contributed by atoms with Crippen LogP contribution in [-0.2, 0) is 4.79 Å². The maximum atomic E-state index is 11.7. The van der Waals surface area contributed by atoms with Gasteiger partial charge in [0.1, 0.15) is 5.70 Å². The molecule has 0 saturated carbocycles. The van der Waals surface area contributed by atoms with Gasteiger partial charge in [0.2, 0.25) is 5.91 Å². The van der Waals surface area contributed by atoms with Gasteiger partial charge in [-0.15, -0.1) is 4.91 Å². The fraction of sp³-hybridized carbons (Fsp3) is 0.533. The maximum absolute atomic E-state index is 11.7. The van der Waals surface area contributed by atoms with Crippen molar-refractivity contribution >= 4 is 21.8 Å². The third kappa shape index (κ3) is 7.94. The average molecular weight is 389 g/mol. The van der Waals surface area contributed by atoms with Crippen molar-refractivity contribution in [2.45, 2.75) is 13.8 Å². The van der Waals surface area contributed by atoms with E-state index in [4.69, 9.17) is 10.8 Å². The zero-order valence-corrected chi connectivity index (χ0v) is 15.2. The molecule has 4 N–H and O–H groups in total. The lowest BCUT2D eigenvalue weighted by atomic mass is 10.1. The molecular weight excluding hydrogens is 364 g/mol. The molecule has 0 aliphatic heterocycles. The molecule has 8 heteroatoms. The van der Waals surface area contributed by atoms with Gasteiger partial charge < -0.3 is 21.1 Å². The highest BCUT2D eigenvalue weighted by atomic mass is 79.9.